The van der Waals surface area contributed by atoms with Crippen LogP contribution in [0.15, 0.2) is 52.9 Å². The van der Waals surface area contributed by atoms with Gasteiger partial charge in [-0.2, -0.15) is 8.42 Å². The van der Waals surface area contributed by atoms with E-state index in [1.807, 2.05) is 6.07 Å². The lowest BCUT2D eigenvalue weighted by molar-refractivity contribution is 0.0600. The molecule has 0 radical (unpaired) electrons. The van der Waals surface area contributed by atoms with Crippen LogP contribution in [0.25, 0.3) is 0 Å². The molecule has 0 spiro atoms. The summed E-state index contributed by atoms with van der Waals surface area (Å²) in [6.07, 6.45) is 0. The maximum atomic E-state index is 12.5. The minimum absolute atomic E-state index is 0.0435. The van der Waals surface area contributed by atoms with Gasteiger partial charge in [0.2, 0.25) is 5.13 Å². The summed E-state index contributed by atoms with van der Waals surface area (Å²) >= 11 is 0.707. The van der Waals surface area contributed by atoms with Gasteiger partial charge in [0.05, 0.1) is 12.7 Å². The monoisotopic (exact) mass is 432 g/mol. The number of esters is 1. The van der Waals surface area contributed by atoms with Crippen molar-refractivity contribution in [2.24, 2.45) is 0 Å². The second kappa shape index (κ2) is 8.37. The first kappa shape index (κ1) is 20.4. The molecule has 3 rings (SSSR count). The number of aryl methyl sites for hydroxylation is 1. The lowest BCUT2D eigenvalue weighted by Crippen LogP contribution is -2.13. The van der Waals surface area contributed by atoms with Crippen LogP contribution in [0.5, 0.6) is 0 Å². The highest BCUT2D eigenvalue weighted by Gasteiger charge is 2.22. The molecule has 1 heterocycles. The summed E-state index contributed by atoms with van der Waals surface area (Å²) < 4.78 is 31.7. The Labute approximate surface area is 170 Å². The van der Waals surface area contributed by atoms with Crippen LogP contribution in [-0.4, -0.2) is 37.6 Å². The summed E-state index contributed by atoms with van der Waals surface area (Å²) in [6, 6.07) is 12.8. The van der Waals surface area contributed by atoms with Crippen molar-refractivity contribution in [1.29, 1.82) is 0 Å². The predicted octanol–water partition coefficient (Wildman–Crippen LogP) is 2.69. The Balaban J connectivity index is 1.76. The van der Waals surface area contributed by atoms with E-state index in [9.17, 15) is 18.0 Å². The van der Waals surface area contributed by atoms with Crippen LogP contribution in [-0.2, 0) is 14.8 Å². The summed E-state index contributed by atoms with van der Waals surface area (Å²) in [6.45, 7) is 1.79. The van der Waals surface area contributed by atoms with E-state index in [0.29, 0.717) is 16.9 Å². The lowest BCUT2D eigenvalue weighted by Gasteiger charge is -2.06. The average molecular weight is 432 g/mol. The van der Waals surface area contributed by atoms with Crippen molar-refractivity contribution in [3.05, 3.63) is 65.2 Å². The zero-order valence-electron chi connectivity index (χ0n) is 15.4. The SMILES string of the molecule is COC(=O)c1cccc(NS(=O)(=O)c2nnc(NC(=O)c3ccccc3C)s2)c1. The Hall–Kier alpha value is -3.31. The van der Waals surface area contributed by atoms with Gasteiger partial charge >= 0.3 is 5.97 Å². The van der Waals surface area contributed by atoms with Crippen LogP contribution in [0, 0.1) is 6.92 Å². The van der Waals surface area contributed by atoms with Crippen LogP contribution in [0.1, 0.15) is 26.3 Å². The van der Waals surface area contributed by atoms with E-state index >= 15 is 0 Å². The van der Waals surface area contributed by atoms with E-state index in [1.54, 1.807) is 25.1 Å². The quantitative estimate of drug-likeness (QED) is 0.453. The fourth-order valence-corrected chi connectivity index (χ4v) is 4.33. The fraction of sp³-hybridized carbons (Fsp3) is 0.111. The first-order valence-corrected chi connectivity index (χ1v) is 10.5. The zero-order valence-corrected chi connectivity index (χ0v) is 17.0. The molecule has 1 amide bonds. The molecule has 1 aromatic heterocycles. The van der Waals surface area contributed by atoms with Crippen LogP contribution >= 0.6 is 11.3 Å². The number of hydrogen-bond acceptors (Lipinski definition) is 8. The third-order valence-electron chi connectivity index (χ3n) is 3.78. The van der Waals surface area contributed by atoms with E-state index in [4.69, 9.17) is 0 Å². The number of nitrogens with one attached hydrogen (secondary N) is 2. The Bertz CT molecular complexity index is 1170. The van der Waals surface area contributed by atoms with Crippen molar-refractivity contribution in [3.63, 3.8) is 0 Å². The first-order chi connectivity index (χ1) is 13.8. The maximum absolute atomic E-state index is 12.5. The Kier molecular flexibility index (Phi) is 5.89. The molecule has 2 N–H and O–H groups in total. The number of rotatable bonds is 6. The molecule has 0 saturated heterocycles. The largest absolute Gasteiger partial charge is 0.465 e. The van der Waals surface area contributed by atoms with E-state index in [-0.39, 0.29) is 20.7 Å². The molecule has 0 atom stereocenters. The molecule has 150 valence electrons. The van der Waals surface area contributed by atoms with E-state index in [2.05, 4.69) is 25.0 Å². The Morgan fingerprint density at radius 2 is 1.83 bits per heavy atom. The van der Waals surface area contributed by atoms with Crippen LogP contribution in [0.4, 0.5) is 10.8 Å². The number of amides is 1. The molecule has 9 nitrogen and oxygen atoms in total. The van der Waals surface area contributed by atoms with Crippen molar-refractivity contribution >= 4 is 44.1 Å². The number of aromatic nitrogens is 2. The van der Waals surface area contributed by atoms with Gasteiger partial charge in [0.25, 0.3) is 20.3 Å². The Morgan fingerprint density at radius 3 is 2.55 bits per heavy atom. The summed E-state index contributed by atoms with van der Waals surface area (Å²) in [7, 11) is -2.83. The number of nitrogens with zero attached hydrogens (tertiary/aromatic N) is 2. The third kappa shape index (κ3) is 4.76. The van der Waals surface area contributed by atoms with Crippen molar-refractivity contribution in [2.45, 2.75) is 11.3 Å². The smallest absolute Gasteiger partial charge is 0.337 e. The summed E-state index contributed by atoms with van der Waals surface area (Å²) in [5.41, 5.74) is 1.57. The number of benzene rings is 2. The van der Waals surface area contributed by atoms with Gasteiger partial charge < -0.3 is 4.74 Å². The maximum Gasteiger partial charge on any atom is 0.337 e. The number of ether oxygens (including phenoxy) is 1. The zero-order chi connectivity index (χ0) is 21.0. The molecule has 0 unspecified atom stereocenters. The minimum atomic E-state index is -4.06. The van der Waals surface area contributed by atoms with Crippen molar-refractivity contribution < 1.29 is 22.7 Å². The van der Waals surface area contributed by atoms with Crippen molar-refractivity contribution in [3.8, 4) is 0 Å². The van der Waals surface area contributed by atoms with Crippen molar-refractivity contribution in [2.75, 3.05) is 17.1 Å². The standard InChI is InChI=1S/C18H16N4O5S2/c1-11-6-3-4-9-14(11)15(23)19-17-20-21-18(28-17)29(25,26)22-13-8-5-7-12(10-13)16(24)27-2/h3-10,22H,1-2H3,(H,19,20,23). The summed E-state index contributed by atoms with van der Waals surface area (Å²) in [5.74, 6) is -1.01. The molecule has 0 aliphatic heterocycles. The molecular weight excluding hydrogens is 416 g/mol. The molecule has 11 heteroatoms. The fourth-order valence-electron chi connectivity index (χ4n) is 2.39. The number of carbonyl (C=O) groups is 2. The van der Waals surface area contributed by atoms with Gasteiger partial charge in [-0.3, -0.25) is 14.8 Å². The Morgan fingerprint density at radius 1 is 1.07 bits per heavy atom. The molecular formula is C18H16N4O5S2. The molecule has 0 fully saturated rings. The second-order valence-corrected chi connectivity index (χ2v) is 8.65. The van der Waals surface area contributed by atoms with Crippen LogP contribution in [0.3, 0.4) is 0 Å². The van der Waals surface area contributed by atoms with Gasteiger partial charge in [-0.1, -0.05) is 35.6 Å². The second-order valence-electron chi connectivity index (χ2n) is 5.82. The number of hydrogen-bond donors (Lipinski definition) is 2. The van der Waals surface area contributed by atoms with Crippen LogP contribution in [0.2, 0.25) is 0 Å². The van der Waals surface area contributed by atoms with E-state index < -0.39 is 21.9 Å². The average Bonchev–Trinajstić information content (AvgIpc) is 3.17. The number of anilines is 2. The molecule has 2 aromatic carbocycles. The van der Waals surface area contributed by atoms with Gasteiger partial charge in [0.15, 0.2) is 0 Å². The van der Waals surface area contributed by atoms with Gasteiger partial charge in [-0.15, -0.1) is 10.2 Å². The highest BCUT2D eigenvalue weighted by molar-refractivity contribution is 7.94. The topological polar surface area (TPSA) is 127 Å². The van der Waals surface area contributed by atoms with Gasteiger partial charge in [-0.25, -0.2) is 4.79 Å². The first-order valence-electron chi connectivity index (χ1n) is 8.22. The van der Waals surface area contributed by atoms with E-state index in [1.165, 1.54) is 31.4 Å². The summed E-state index contributed by atoms with van der Waals surface area (Å²) in [5, 5.41) is 9.94. The predicted molar refractivity (Wildman–Crippen MR) is 108 cm³/mol. The molecule has 0 aliphatic carbocycles. The third-order valence-corrected chi connectivity index (χ3v) is 6.37. The van der Waals surface area contributed by atoms with Gasteiger partial charge in [0.1, 0.15) is 0 Å². The number of sulfonamides is 1. The normalized spacial score (nSPS) is 11.0. The van der Waals surface area contributed by atoms with Crippen LogP contribution < -0.4 is 10.0 Å². The number of methoxy groups -OCH3 is 1. The van der Waals surface area contributed by atoms with Crippen molar-refractivity contribution in [1.82, 2.24) is 10.2 Å². The highest BCUT2D eigenvalue weighted by atomic mass is 32.2. The highest BCUT2D eigenvalue weighted by Crippen LogP contribution is 2.24. The molecule has 0 aliphatic rings. The number of carbonyl (C=O) groups excluding carboxylic acids is 2. The molecule has 0 bridgehead atoms. The van der Waals surface area contributed by atoms with E-state index in [0.717, 1.165) is 5.56 Å². The minimum Gasteiger partial charge on any atom is -0.465 e. The lowest BCUT2D eigenvalue weighted by atomic mass is 10.1. The molecule has 29 heavy (non-hydrogen) atoms. The molecule has 3 aromatic rings. The van der Waals surface area contributed by atoms with Gasteiger partial charge in [-0.05, 0) is 36.8 Å². The summed E-state index contributed by atoms with van der Waals surface area (Å²) in [4.78, 5) is 23.9. The molecule has 0 saturated carbocycles. The van der Waals surface area contributed by atoms with Gasteiger partial charge in [0, 0.05) is 11.3 Å².